The molecule has 4 rings (SSSR count). The predicted octanol–water partition coefficient (Wildman–Crippen LogP) is 4.86. The second-order valence-corrected chi connectivity index (χ2v) is 8.79. The Morgan fingerprint density at radius 3 is 2.43 bits per heavy atom. The molecule has 0 aliphatic rings. The summed E-state index contributed by atoms with van der Waals surface area (Å²) < 4.78 is 1.35. The van der Waals surface area contributed by atoms with Crippen LogP contribution < -0.4 is 15.8 Å². The number of amides is 2. The molecule has 0 saturated carbocycles. The van der Waals surface area contributed by atoms with E-state index < -0.39 is 5.56 Å². The van der Waals surface area contributed by atoms with Gasteiger partial charge in [0, 0.05) is 17.6 Å². The van der Waals surface area contributed by atoms with Gasteiger partial charge in [0.05, 0.1) is 17.6 Å². The molecule has 0 saturated heterocycles. The number of hydrogen-bond donors (Lipinski definition) is 1. The second-order valence-electron chi connectivity index (χ2n) is 8.35. The number of anilines is 2. The fourth-order valence-electron chi connectivity index (χ4n) is 3.91. The average Bonchev–Trinajstić information content (AvgIpc) is 2.82. The van der Waals surface area contributed by atoms with Gasteiger partial charge in [-0.2, -0.15) is 0 Å². The smallest absolute Gasteiger partial charge is 0.294 e. The van der Waals surface area contributed by atoms with Crippen LogP contribution in [0.5, 0.6) is 0 Å². The van der Waals surface area contributed by atoms with E-state index in [1.54, 1.807) is 42.5 Å². The second kappa shape index (κ2) is 10.1. The van der Waals surface area contributed by atoms with Crippen LogP contribution in [0.15, 0.2) is 71.5 Å². The lowest BCUT2D eigenvalue weighted by molar-refractivity contribution is -0.117. The first-order valence-corrected chi connectivity index (χ1v) is 11.5. The summed E-state index contributed by atoms with van der Waals surface area (Å²) in [7, 11) is 0. The molecule has 0 aliphatic heterocycles. The fraction of sp³-hybridized carbons (Fsp3) is 0.185. The molecule has 0 atom stereocenters. The van der Waals surface area contributed by atoms with Crippen molar-refractivity contribution in [3.05, 3.63) is 98.8 Å². The van der Waals surface area contributed by atoms with Crippen LogP contribution in [0, 0.1) is 13.8 Å². The Hall–Kier alpha value is -3.97. The molecule has 3 aromatic carbocycles. The monoisotopic (exact) mass is 488 g/mol. The van der Waals surface area contributed by atoms with Crippen molar-refractivity contribution in [3.8, 4) is 0 Å². The standard InChI is InChI=1S/C27H25ClN4O3/c1-17-8-4-5-9-20(17)15-31(19(3)33)26-27(35)32(24-11-7-6-10-23(24)30-26)16-25(34)29-22-13-12-21(28)14-18(22)2/h4-14H,15-16H2,1-3H3,(H,29,34). The average molecular weight is 489 g/mol. The molecule has 0 fully saturated rings. The van der Waals surface area contributed by atoms with Crippen molar-refractivity contribution in [3.63, 3.8) is 0 Å². The van der Waals surface area contributed by atoms with Crippen molar-refractivity contribution in [2.75, 3.05) is 10.2 Å². The van der Waals surface area contributed by atoms with Crippen molar-refractivity contribution < 1.29 is 9.59 Å². The van der Waals surface area contributed by atoms with Gasteiger partial charge in [-0.25, -0.2) is 4.98 Å². The van der Waals surface area contributed by atoms with Gasteiger partial charge in [0.15, 0.2) is 0 Å². The van der Waals surface area contributed by atoms with Crippen LogP contribution >= 0.6 is 11.6 Å². The molecule has 7 nitrogen and oxygen atoms in total. The zero-order valence-corrected chi connectivity index (χ0v) is 20.5. The molecule has 8 heteroatoms. The number of benzene rings is 3. The number of aromatic nitrogens is 2. The molecular weight excluding hydrogens is 464 g/mol. The van der Waals surface area contributed by atoms with E-state index in [2.05, 4.69) is 10.3 Å². The van der Waals surface area contributed by atoms with E-state index in [1.165, 1.54) is 16.4 Å². The molecule has 35 heavy (non-hydrogen) atoms. The number of para-hydroxylation sites is 2. The van der Waals surface area contributed by atoms with E-state index in [9.17, 15) is 14.4 Å². The summed E-state index contributed by atoms with van der Waals surface area (Å²) in [6.07, 6.45) is 0. The first-order chi connectivity index (χ1) is 16.7. The van der Waals surface area contributed by atoms with Crippen LogP contribution in [0.25, 0.3) is 11.0 Å². The van der Waals surface area contributed by atoms with E-state index in [1.807, 2.05) is 38.1 Å². The van der Waals surface area contributed by atoms with Gasteiger partial charge in [-0.05, 0) is 60.9 Å². The van der Waals surface area contributed by atoms with Crippen molar-refractivity contribution in [1.82, 2.24) is 9.55 Å². The molecule has 178 valence electrons. The maximum Gasteiger partial charge on any atom is 0.294 e. The van der Waals surface area contributed by atoms with E-state index in [4.69, 9.17) is 11.6 Å². The van der Waals surface area contributed by atoms with Gasteiger partial charge in [-0.1, -0.05) is 48.0 Å². The number of hydrogen-bond acceptors (Lipinski definition) is 4. The molecule has 0 unspecified atom stereocenters. The van der Waals surface area contributed by atoms with Gasteiger partial charge in [0.2, 0.25) is 17.6 Å². The van der Waals surface area contributed by atoms with Gasteiger partial charge in [-0.3, -0.25) is 23.9 Å². The Morgan fingerprint density at radius 1 is 1.00 bits per heavy atom. The Bertz CT molecular complexity index is 1500. The lowest BCUT2D eigenvalue weighted by atomic mass is 10.1. The number of carbonyl (C=O) groups excluding carboxylic acids is 2. The van der Waals surface area contributed by atoms with Crippen LogP contribution in [0.2, 0.25) is 5.02 Å². The lowest BCUT2D eigenvalue weighted by Crippen LogP contribution is -2.38. The van der Waals surface area contributed by atoms with E-state index in [0.29, 0.717) is 21.7 Å². The highest BCUT2D eigenvalue weighted by Gasteiger charge is 2.22. The van der Waals surface area contributed by atoms with Gasteiger partial charge in [0.25, 0.3) is 5.56 Å². The van der Waals surface area contributed by atoms with Gasteiger partial charge >= 0.3 is 0 Å². The Kier molecular flexibility index (Phi) is 6.98. The van der Waals surface area contributed by atoms with Crippen LogP contribution in [-0.2, 0) is 22.7 Å². The number of fused-ring (bicyclic) bond motifs is 1. The number of nitrogens with one attached hydrogen (secondary N) is 1. The Labute approximate surface area is 208 Å². The first kappa shape index (κ1) is 24.2. The van der Waals surface area contributed by atoms with E-state index >= 15 is 0 Å². The van der Waals surface area contributed by atoms with Gasteiger partial charge < -0.3 is 5.32 Å². The minimum absolute atomic E-state index is 0.0186. The normalized spacial score (nSPS) is 10.9. The molecule has 0 aliphatic carbocycles. The van der Waals surface area contributed by atoms with Gasteiger partial charge in [0.1, 0.15) is 6.54 Å². The summed E-state index contributed by atoms with van der Waals surface area (Å²) >= 11 is 6.01. The van der Waals surface area contributed by atoms with Crippen LogP contribution in [0.1, 0.15) is 23.6 Å². The molecule has 1 aromatic heterocycles. The highest BCUT2D eigenvalue weighted by atomic mass is 35.5. The SMILES string of the molecule is CC(=O)N(Cc1ccccc1C)c1nc2ccccc2n(CC(=O)Nc2ccc(Cl)cc2C)c1=O. The molecule has 0 radical (unpaired) electrons. The molecular formula is C27H25ClN4O3. The van der Waals surface area contributed by atoms with Crippen LogP contribution in [-0.4, -0.2) is 21.4 Å². The molecule has 0 bridgehead atoms. The highest BCUT2D eigenvalue weighted by Crippen LogP contribution is 2.21. The predicted molar refractivity (Wildman–Crippen MR) is 139 cm³/mol. The zero-order valence-electron chi connectivity index (χ0n) is 19.7. The van der Waals surface area contributed by atoms with Gasteiger partial charge in [-0.15, -0.1) is 0 Å². The van der Waals surface area contributed by atoms with Crippen LogP contribution in [0.3, 0.4) is 0 Å². The Balaban J connectivity index is 1.75. The molecule has 2 amide bonds. The summed E-state index contributed by atoms with van der Waals surface area (Å²) in [5, 5.41) is 3.41. The topological polar surface area (TPSA) is 84.3 Å². The largest absolute Gasteiger partial charge is 0.324 e. The van der Waals surface area contributed by atoms with Crippen molar-refractivity contribution >= 4 is 46.0 Å². The number of rotatable bonds is 6. The summed E-state index contributed by atoms with van der Waals surface area (Å²) in [6.45, 7) is 5.13. The van der Waals surface area contributed by atoms with Crippen molar-refractivity contribution in [2.45, 2.75) is 33.9 Å². The lowest BCUT2D eigenvalue weighted by Gasteiger charge is -2.22. The zero-order chi connectivity index (χ0) is 25.1. The maximum atomic E-state index is 13.6. The molecule has 4 aromatic rings. The van der Waals surface area contributed by atoms with Crippen molar-refractivity contribution in [2.24, 2.45) is 0 Å². The fourth-order valence-corrected chi connectivity index (χ4v) is 4.13. The molecule has 0 spiro atoms. The molecule has 1 heterocycles. The van der Waals surface area contributed by atoms with E-state index in [-0.39, 0.29) is 30.7 Å². The number of carbonyl (C=O) groups is 2. The quantitative estimate of drug-likeness (QED) is 0.420. The first-order valence-electron chi connectivity index (χ1n) is 11.1. The third-order valence-corrected chi connectivity index (χ3v) is 6.06. The van der Waals surface area contributed by atoms with Crippen molar-refractivity contribution in [1.29, 1.82) is 0 Å². The highest BCUT2D eigenvalue weighted by molar-refractivity contribution is 6.30. The number of halogens is 1. The summed E-state index contributed by atoms with van der Waals surface area (Å²) in [5.74, 6) is -0.719. The minimum Gasteiger partial charge on any atom is -0.324 e. The minimum atomic E-state index is -0.518. The van der Waals surface area contributed by atoms with Crippen LogP contribution in [0.4, 0.5) is 11.5 Å². The summed E-state index contributed by atoms with van der Waals surface area (Å²) in [4.78, 5) is 45.1. The molecule has 1 N–H and O–H groups in total. The maximum absolute atomic E-state index is 13.6. The summed E-state index contributed by atoms with van der Waals surface area (Å²) in [5.41, 5.74) is 3.81. The van der Waals surface area contributed by atoms with E-state index in [0.717, 1.165) is 16.7 Å². The Morgan fingerprint density at radius 2 is 1.71 bits per heavy atom. The number of aryl methyl sites for hydroxylation is 2. The third-order valence-electron chi connectivity index (χ3n) is 5.83. The third kappa shape index (κ3) is 5.25. The summed E-state index contributed by atoms with van der Waals surface area (Å²) in [6, 6.07) is 19.9. The number of nitrogens with zero attached hydrogens (tertiary/aromatic N) is 3.